The fourth-order valence-electron chi connectivity index (χ4n) is 2.10. The van der Waals surface area contributed by atoms with Gasteiger partial charge < -0.3 is 20.7 Å². The number of amides is 1. The van der Waals surface area contributed by atoms with E-state index in [1.165, 1.54) is 0 Å². The molecule has 0 unspecified atom stereocenters. The summed E-state index contributed by atoms with van der Waals surface area (Å²) in [5.41, 5.74) is 5.28. The Hall–Kier alpha value is -1.76. The number of rotatable bonds is 4. The Morgan fingerprint density at radius 2 is 2.24 bits per heavy atom. The minimum atomic E-state index is -0.460. The Balaban J connectivity index is 1.87. The number of likely N-dealkylation sites (tertiary alicyclic amines) is 1. The van der Waals surface area contributed by atoms with Crippen LogP contribution in [0.25, 0.3) is 0 Å². The summed E-state index contributed by atoms with van der Waals surface area (Å²) in [5.74, 6) is 0.932. The zero-order valence-electron chi connectivity index (χ0n) is 13.2. The SMILES string of the molecule is C[C@@H](N)CNc1ccnn1C1CN(C(=O)OC(C)(C)C)C1. The molecular weight excluding hydrogens is 270 g/mol. The van der Waals surface area contributed by atoms with Gasteiger partial charge >= 0.3 is 6.09 Å². The summed E-state index contributed by atoms with van der Waals surface area (Å²) in [6.45, 7) is 9.46. The second kappa shape index (κ2) is 5.93. The van der Waals surface area contributed by atoms with Crippen LogP contribution in [0.4, 0.5) is 10.6 Å². The summed E-state index contributed by atoms with van der Waals surface area (Å²) in [5, 5.41) is 7.58. The van der Waals surface area contributed by atoms with Crippen molar-refractivity contribution in [1.82, 2.24) is 14.7 Å². The molecule has 1 amide bonds. The molecule has 1 aromatic heterocycles. The molecule has 0 aliphatic carbocycles. The summed E-state index contributed by atoms with van der Waals surface area (Å²) in [7, 11) is 0. The van der Waals surface area contributed by atoms with Gasteiger partial charge in [-0.2, -0.15) is 5.10 Å². The zero-order valence-corrected chi connectivity index (χ0v) is 13.2. The normalized spacial score (nSPS) is 17.3. The maximum absolute atomic E-state index is 11.9. The summed E-state index contributed by atoms with van der Waals surface area (Å²) >= 11 is 0. The molecule has 1 atom stereocenters. The maximum Gasteiger partial charge on any atom is 0.410 e. The first-order chi connectivity index (χ1) is 9.76. The molecule has 3 N–H and O–H groups in total. The summed E-state index contributed by atoms with van der Waals surface area (Å²) in [6.07, 6.45) is 1.48. The second-order valence-corrected chi connectivity index (χ2v) is 6.56. The second-order valence-electron chi connectivity index (χ2n) is 6.56. The number of hydrogen-bond acceptors (Lipinski definition) is 5. The molecule has 0 bridgehead atoms. The lowest BCUT2D eigenvalue weighted by molar-refractivity contribution is -0.000135. The largest absolute Gasteiger partial charge is 0.444 e. The molecular formula is C14H25N5O2. The van der Waals surface area contributed by atoms with E-state index in [4.69, 9.17) is 10.5 Å². The maximum atomic E-state index is 11.9. The van der Waals surface area contributed by atoms with Crippen molar-refractivity contribution < 1.29 is 9.53 Å². The van der Waals surface area contributed by atoms with E-state index in [0.717, 1.165) is 5.82 Å². The minimum absolute atomic E-state index is 0.0769. The highest BCUT2D eigenvalue weighted by molar-refractivity contribution is 5.69. The fourth-order valence-corrected chi connectivity index (χ4v) is 2.10. The molecule has 7 nitrogen and oxygen atoms in total. The molecule has 1 aliphatic heterocycles. The molecule has 1 aliphatic rings. The van der Waals surface area contributed by atoms with Gasteiger partial charge in [0, 0.05) is 31.7 Å². The van der Waals surface area contributed by atoms with Gasteiger partial charge in [0.25, 0.3) is 0 Å². The molecule has 1 saturated heterocycles. The number of aromatic nitrogens is 2. The van der Waals surface area contributed by atoms with E-state index in [1.54, 1.807) is 11.1 Å². The number of nitrogens with one attached hydrogen (secondary N) is 1. The average Bonchev–Trinajstić information content (AvgIpc) is 2.69. The lowest BCUT2D eigenvalue weighted by Crippen LogP contribution is -2.52. The first-order valence-corrected chi connectivity index (χ1v) is 7.27. The first kappa shape index (κ1) is 15.6. The van der Waals surface area contributed by atoms with E-state index in [2.05, 4.69) is 10.4 Å². The van der Waals surface area contributed by atoms with E-state index in [1.807, 2.05) is 38.4 Å². The number of nitrogens with two attached hydrogens (primary N) is 1. The van der Waals surface area contributed by atoms with Gasteiger partial charge in [-0.15, -0.1) is 0 Å². The van der Waals surface area contributed by atoms with Crippen molar-refractivity contribution in [2.75, 3.05) is 25.0 Å². The molecule has 7 heteroatoms. The number of hydrogen-bond donors (Lipinski definition) is 2. The van der Waals surface area contributed by atoms with Crippen molar-refractivity contribution in [3.05, 3.63) is 12.3 Å². The van der Waals surface area contributed by atoms with Gasteiger partial charge in [0.2, 0.25) is 0 Å². The van der Waals surface area contributed by atoms with Crippen LogP contribution in [0.3, 0.4) is 0 Å². The first-order valence-electron chi connectivity index (χ1n) is 7.27. The quantitative estimate of drug-likeness (QED) is 0.877. The van der Waals surface area contributed by atoms with E-state index in [0.29, 0.717) is 19.6 Å². The number of anilines is 1. The van der Waals surface area contributed by atoms with Crippen LogP contribution in [-0.4, -0.2) is 52.1 Å². The molecule has 1 fully saturated rings. The molecule has 21 heavy (non-hydrogen) atoms. The monoisotopic (exact) mass is 295 g/mol. The Labute approximate surface area is 125 Å². The van der Waals surface area contributed by atoms with Crippen LogP contribution in [0.1, 0.15) is 33.7 Å². The number of carbonyl (C=O) groups is 1. The topological polar surface area (TPSA) is 85.4 Å². The molecule has 1 aromatic rings. The lowest BCUT2D eigenvalue weighted by atomic mass is 10.1. The third-order valence-corrected chi connectivity index (χ3v) is 3.14. The van der Waals surface area contributed by atoms with Gasteiger partial charge in [-0.05, 0) is 27.7 Å². The Kier molecular flexibility index (Phi) is 4.41. The van der Waals surface area contributed by atoms with E-state index in [9.17, 15) is 4.79 Å². The zero-order chi connectivity index (χ0) is 15.6. The van der Waals surface area contributed by atoms with Crippen LogP contribution < -0.4 is 11.1 Å². The van der Waals surface area contributed by atoms with Crippen molar-refractivity contribution in [3.63, 3.8) is 0 Å². The van der Waals surface area contributed by atoms with Gasteiger partial charge in [-0.25, -0.2) is 9.48 Å². The van der Waals surface area contributed by atoms with Gasteiger partial charge in [-0.1, -0.05) is 0 Å². The van der Waals surface area contributed by atoms with Crippen molar-refractivity contribution in [2.45, 2.75) is 45.4 Å². The highest BCUT2D eigenvalue weighted by atomic mass is 16.6. The predicted octanol–water partition coefficient (Wildman–Crippen LogP) is 1.43. The predicted molar refractivity (Wildman–Crippen MR) is 81.2 cm³/mol. The number of carbonyl (C=O) groups excluding carboxylic acids is 1. The van der Waals surface area contributed by atoms with Crippen molar-refractivity contribution in [1.29, 1.82) is 0 Å². The molecule has 0 radical (unpaired) electrons. The van der Waals surface area contributed by atoms with Crippen molar-refractivity contribution >= 4 is 11.9 Å². The van der Waals surface area contributed by atoms with E-state index in [-0.39, 0.29) is 18.2 Å². The van der Waals surface area contributed by atoms with Gasteiger partial charge in [-0.3, -0.25) is 0 Å². The highest BCUT2D eigenvalue weighted by Crippen LogP contribution is 2.25. The number of nitrogens with zero attached hydrogens (tertiary/aromatic N) is 3. The summed E-state index contributed by atoms with van der Waals surface area (Å²) < 4.78 is 7.25. The Morgan fingerprint density at radius 3 is 2.81 bits per heavy atom. The van der Waals surface area contributed by atoms with Crippen molar-refractivity contribution in [2.24, 2.45) is 5.73 Å². The standard InChI is InChI=1S/C14H25N5O2/c1-10(15)7-16-12-5-6-17-19(12)11-8-18(9-11)13(20)21-14(2,3)4/h5-6,10-11,16H,7-9,15H2,1-4H3/t10-/m1/s1. The lowest BCUT2D eigenvalue weighted by Gasteiger charge is -2.40. The molecule has 0 spiro atoms. The van der Waals surface area contributed by atoms with E-state index < -0.39 is 5.60 Å². The van der Waals surface area contributed by atoms with Crippen molar-refractivity contribution in [3.8, 4) is 0 Å². The Bertz CT molecular complexity index is 486. The van der Waals surface area contributed by atoms with Crippen LogP contribution in [0.2, 0.25) is 0 Å². The van der Waals surface area contributed by atoms with Crippen LogP contribution >= 0.6 is 0 Å². The minimum Gasteiger partial charge on any atom is -0.444 e. The highest BCUT2D eigenvalue weighted by Gasteiger charge is 2.35. The third-order valence-electron chi connectivity index (χ3n) is 3.14. The molecule has 2 rings (SSSR count). The average molecular weight is 295 g/mol. The fraction of sp³-hybridized carbons (Fsp3) is 0.714. The third kappa shape index (κ3) is 4.10. The van der Waals surface area contributed by atoms with Gasteiger partial charge in [0.05, 0.1) is 12.2 Å². The number of ether oxygens (including phenoxy) is 1. The van der Waals surface area contributed by atoms with Crippen LogP contribution in [0.5, 0.6) is 0 Å². The molecule has 2 heterocycles. The smallest absolute Gasteiger partial charge is 0.410 e. The molecule has 0 aromatic carbocycles. The molecule has 0 saturated carbocycles. The Morgan fingerprint density at radius 1 is 1.57 bits per heavy atom. The van der Waals surface area contributed by atoms with Crippen LogP contribution in [0.15, 0.2) is 12.3 Å². The molecule has 118 valence electrons. The van der Waals surface area contributed by atoms with Gasteiger partial charge in [0.1, 0.15) is 11.4 Å². The summed E-state index contributed by atoms with van der Waals surface area (Å²) in [6, 6.07) is 2.18. The van der Waals surface area contributed by atoms with Crippen LogP contribution in [-0.2, 0) is 4.74 Å². The van der Waals surface area contributed by atoms with Crippen LogP contribution in [0, 0.1) is 0 Å². The summed E-state index contributed by atoms with van der Waals surface area (Å²) in [4.78, 5) is 13.6. The van der Waals surface area contributed by atoms with Gasteiger partial charge in [0.15, 0.2) is 0 Å². The van der Waals surface area contributed by atoms with E-state index >= 15 is 0 Å².